The van der Waals surface area contributed by atoms with Gasteiger partial charge < -0.3 is 5.32 Å². The van der Waals surface area contributed by atoms with Crippen molar-refractivity contribution >= 4 is 31.6 Å². The van der Waals surface area contributed by atoms with Gasteiger partial charge in [0, 0.05) is 44.3 Å². The Bertz CT molecular complexity index is 1070. The normalized spacial score (nSPS) is 16.1. The maximum atomic E-state index is 13.3. The predicted molar refractivity (Wildman–Crippen MR) is 114 cm³/mol. The van der Waals surface area contributed by atoms with Crippen molar-refractivity contribution in [3.8, 4) is 0 Å². The van der Waals surface area contributed by atoms with Crippen LogP contribution in [0.3, 0.4) is 0 Å². The zero-order valence-electron chi connectivity index (χ0n) is 16.2. The van der Waals surface area contributed by atoms with Crippen LogP contribution in [0.2, 0.25) is 5.02 Å². The zero-order valence-corrected chi connectivity index (χ0v) is 18.6. The SMILES string of the molecule is O=S(=O)(CCN(Cc1ccccc1Cl)S(=O)(=O)c1ccc(F)cc1)N1CCNCC1. The van der Waals surface area contributed by atoms with Crippen LogP contribution in [0.15, 0.2) is 53.4 Å². The van der Waals surface area contributed by atoms with E-state index in [9.17, 15) is 21.2 Å². The van der Waals surface area contributed by atoms with Crippen LogP contribution in [0.25, 0.3) is 0 Å². The Hall–Kier alpha value is -1.56. The molecule has 0 spiro atoms. The summed E-state index contributed by atoms with van der Waals surface area (Å²) in [5.74, 6) is -0.925. The van der Waals surface area contributed by atoms with Crippen molar-refractivity contribution < 1.29 is 21.2 Å². The fourth-order valence-electron chi connectivity index (χ4n) is 3.13. The highest BCUT2D eigenvalue weighted by molar-refractivity contribution is 7.90. The van der Waals surface area contributed by atoms with Crippen LogP contribution < -0.4 is 5.32 Å². The fourth-order valence-corrected chi connectivity index (χ4v) is 6.30. The number of nitrogens with one attached hydrogen (secondary N) is 1. The molecule has 0 unspecified atom stereocenters. The number of hydrogen-bond donors (Lipinski definition) is 1. The maximum Gasteiger partial charge on any atom is 0.243 e. The molecule has 1 N–H and O–H groups in total. The fraction of sp³-hybridized carbons (Fsp3) is 0.368. The van der Waals surface area contributed by atoms with E-state index in [2.05, 4.69) is 5.32 Å². The van der Waals surface area contributed by atoms with E-state index in [1.807, 2.05) is 0 Å². The van der Waals surface area contributed by atoms with Gasteiger partial charge in [0.25, 0.3) is 0 Å². The van der Waals surface area contributed by atoms with Crippen molar-refractivity contribution in [1.82, 2.24) is 13.9 Å². The minimum Gasteiger partial charge on any atom is -0.314 e. The molecule has 1 aliphatic heterocycles. The number of hydrogen-bond acceptors (Lipinski definition) is 5. The number of rotatable bonds is 8. The Morgan fingerprint density at radius 3 is 2.27 bits per heavy atom. The van der Waals surface area contributed by atoms with Crippen LogP contribution in [0, 0.1) is 5.82 Å². The van der Waals surface area contributed by atoms with Gasteiger partial charge in [0.05, 0.1) is 10.6 Å². The number of halogens is 2. The first-order valence-corrected chi connectivity index (χ1v) is 12.8. The van der Waals surface area contributed by atoms with Crippen LogP contribution in [0.5, 0.6) is 0 Å². The third-order valence-corrected chi connectivity index (χ3v) is 8.90. The summed E-state index contributed by atoms with van der Waals surface area (Å²) >= 11 is 6.19. The molecule has 0 aliphatic carbocycles. The van der Waals surface area contributed by atoms with E-state index in [0.29, 0.717) is 36.8 Å². The Balaban J connectivity index is 1.87. The second-order valence-corrected chi connectivity index (χ2v) is 11.3. The van der Waals surface area contributed by atoms with Crippen molar-refractivity contribution in [3.63, 3.8) is 0 Å². The molecule has 1 saturated heterocycles. The van der Waals surface area contributed by atoms with Crippen molar-refractivity contribution in [2.75, 3.05) is 38.5 Å². The minimum atomic E-state index is -4.07. The van der Waals surface area contributed by atoms with E-state index in [1.54, 1.807) is 24.3 Å². The maximum absolute atomic E-state index is 13.3. The second kappa shape index (κ2) is 9.71. The first-order chi connectivity index (χ1) is 14.2. The lowest BCUT2D eigenvalue weighted by molar-refractivity contribution is 0.355. The van der Waals surface area contributed by atoms with Crippen LogP contribution >= 0.6 is 11.6 Å². The average Bonchev–Trinajstić information content (AvgIpc) is 2.73. The molecule has 0 aromatic heterocycles. The molecule has 0 saturated carbocycles. The van der Waals surface area contributed by atoms with Crippen molar-refractivity contribution in [1.29, 1.82) is 0 Å². The second-order valence-electron chi connectivity index (χ2n) is 6.85. The van der Waals surface area contributed by atoms with Crippen LogP contribution in [0.1, 0.15) is 5.56 Å². The minimum absolute atomic E-state index is 0.101. The molecule has 1 aliphatic rings. The Kier molecular flexibility index (Phi) is 7.48. The lowest BCUT2D eigenvalue weighted by Crippen LogP contribution is -2.48. The molecule has 3 rings (SSSR count). The zero-order chi connectivity index (χ0) is 21.8. The van der Waals surface area contributed by atoms with E-state index in [4.69, 9.17) is 11.6 Å². The van der Waals surface area contributed by atoms with Crippen molar-refractivity contribution in [2.24, 2.45) is 0 Å². The standard InChI is InChI=1S/C19H23ClFN3O4S2/c20-19-4-2-1-3-16(19)15-24(30(27,28)18-7-5-17(21)6-8-18)13-14-29(25,26)23-11-9-22-10-12-23/h1-8,22H,9-15H2. The van der Waals surface area contributed by atoms with Crippen molar-refractivity contribution in [3.05, 3.63) is 64.9 Å². The van der Waals surface area contributed by atoms with E-state index >= 15 is 0 Å². The third-order valence-electron chi connectivity index (χ3n) is 4.82. The van der Waals surface area contributed by atoms with E-state index < -0.39 is 25.9 Å². The molecule has 0 bridgehead atoms. The van der Waals surface area contributed by atoms with E-state index in [0.717, 1.165) is 28.6 Å². The van der Waals surface area contributed by atoms with Gasteiger partial charge in [0.15, 0.2) is 0 Å². The molecule has 7 nitrogen and oxygen atoms in total. The molecule has 164 valence electrons. The van der Waals surface area contributed by atoms with Crippen LogP contribution in [0.4, 0.5) is 4.39 Å². The quantitative estimate of drug-likeness (QED) is 0.630. The summed E-state index contributed by atoms with van der Waals surface area (Å²) < 4.78 is 67.5. The lowest BCUT2D eigenvalue weighted by atomic mass is 10.2. The first-order valence-electron chi connectivity index (χ1n) is 9.38. The number of benzene rings is 2. The summed E-state index contributed by atoms with van der Waals surface area (Å²) in [6.07, 6.45) is 0. The summed E-state index contributed by atoms with van der Waals surface area (Å²) in [5.41, 5.74) is 0.546. The smallest absolute Gasteiger partial charge is 0.243 e. The number of piperazine rings is 1. The van der Waals surface area contributed by atoms with E-state index in [-0.39, 0.29) is 23.7 Å². The number of nitrogens with zero attached hydrogens (tertiary/aromatic N) is 2. The topological polar surface area (TPSA) is 86.8 Å². The largest absolute Gasteiger partial charge is 0.314 e. The Morgan fingerprint density at radius 2 is 1.63 bits per heavy atom. The molecule has 0 radical (unpaired) electrons. The highest BCUT2D eigenvalue weighted by Gasteiger charge is 2.30. The van der Waals surface area contributed by atoms with Gasteiger partial charge in [0.2, 0.25) is 20.0 Å². The molecular weight excluding hydrogens is 453 g/mol. The first kappa shape index (κ1) is 23.1. The van der Waals surface area contributed by atoms with Gasteiger partial charge in [-0.15, -0.1) is 0 Å². The van der Waals surface area contributed by atoms with Crippen molar-refractivity contribution in [2.45, 2.75) is 11.4 Å². The molecule has 11 heteroatoms. The van der Waals surface area contributed by atoms with Gasteiger partial charge in [-0.05, 0) is 35.9 Å². The van der Waals surface area contributed by atoms with Gasteiger partial charge in [-0.3, -0.25) is 0 Å². The lowest BCUT2D eigenvalue weighted by Gasteiger charge is -2.28. The molecule has 1 fully saturated rings. The third kappa shape index (κ3) is 5.57. The molecule has 0 atom stereocenters. The monoisotopic (exact) mass is 475 g/mol. The predicted octanol–water partition coefficient (Wildman–Crippen LogP) is 1.90. The molecule has 1 heterocycles. The van der Waals surface area contributed by atoms with Gasteiger partial charge >= 0.3 is 0 Å². The van der Waals surface area contributed by atoms with Gasteiger partial charge in [-0.25, -0.2) is 21.2 Å². The molecular formula is C19H23ClFN3O4S2. The summed E-state index contributed by atoms with van der Waals surface area (Å²) in [7, 11) is -7.71. The molecule has 30 heavy (non-hydrogen) atoms. The number of sulfonamides is 2. The van der Waals surface area contributed by atoms with Gasteiger partial charge in [-0.2, -0.15) is 8.61 Å². The molecule has 0 amide bonds. The van der Waals surface area contributed by atoms with Gasteiger partial charge in [0.1, 0.15) is 5.82 Å². The Morgan fingerprint density at radius 1 is 1.00 bits per heavy atom. The Labute approximate surface area is 181 Å². The molecule has 2 aromatic rings. The van der Waals surface area contributed by atoms with E-state index in [1.165, 1.54) is 4.31 Å². The van der Waals surface area contributed by atoms with Crippen LogP contribution in [-0.2, 0) is 26.6 Å². The summed E-state index contributed by atoms with van der Waals surface area (Å²) in [5, 5.41) is 3.46. The van der Waals surface area contributed by atoms with Crippen LogP contribution in [-0.4, -0.2) is 63.9 Å². The summed E-state index contributed by atoms with van der Waals surface area (Å²) in [6, 6.07) is 11.2. The van der Waals surface area contributed by atoms with Gasteiger partial charge in [-0.1, -0.05) is 29.8 Å². The summed E-state index contributed by atoms with van der Waals surface area (Å²) in [6.45, 7) is 1.44. The highest BCUT2D eigenvalue weighted by atomic mass is 35.5. The average molecular weight is 476 g/mol. The summed E-state index contributed by atoms with van der Waals surface area (Å²) in [4.78, 5) is -0.115. The highest BCUT2D eigenvalue weighted by Crippen LogP contribution is 2.23. The molecule has 2 aromatic carbocycles.